The zero-order valence-electron chi connectivity index (χ0n) is 14.7. The van der Waals surface area contributed by atoms with Gasteiger partial charge >= 0.3 is 0 Å². The van der Waals surface area contributed by atoms with E-state index in [9.17, 15) is 5.11 Å². The Morgan fingerprint density at radius 3 is 2.48 bits per heavy atom. The molecule has 136 valence electrons. The van der Waals surface area contributed by atoms with Gasteiger partial charge < -0.3 is 20.5 Å². The third-order valence-electron chi connectivity index (χ3n) is 3.56. The van der Waals surface area contributed by atoms with Crippen LogP contribution in [-0.2, 0) is 13.0 Å². The van der Waals surface area contributed by atoms with Gasteiger partial charge in [-0.2, -0.15) is 0 Å². The minimum absolute atomic E-state index is 0. The smallest absolute Gasteiger partial charge is 0.191 e. The summed E-state index contributed by atoms with van der Waals surface area (Å²) in [6, 6.07) is 15.7. The minimum Gasteiger partial charge on any atom is -0.504 e. The first-order chi connectivity index (χ1) is 11.7. The SMILES string of the molecule is CCNC(=NCc1ccc(OC)c(O)c1)NCCc1ccccc1.I. The van der Waals surface area contributed by atoms with Crippen molar-refractivity contribution < 1.29 is 9.84 Å². The van der Waals surface area contributed by atoms with E-state index < -0.39 is 0 Å². The number of rotatable bonds is 7. The zero-order valence-corrected chi connectivity index (χ0v) is 17.0. The van der Waals surface area contributed by atoms with Crippen LogP contribution in [0.2, 0.25) is 0 Å². The molecule has 0 fully saturated rings. The van der Waals surface area contributed by atoms with Gasteiger partial charge in [-0.25, -0.2) is 4.99 Å². The molecule has 0 radical (unpaired) electrons. The number of methoxy groups -OCH3 is 1. The number of aliphatic imine (C=N–C) groups is 1. The van der Waals surface area contributed by atoms with E-state index in [0.29, 0.717) is 12.3 Å². The molecule has 2 aromatic rings. The normalized spacial score (nSPS) is 10.7. The molecule has 0 aliphatic carbocycles. The van der Waals surface area contributed by atoms with Gasteiger partial charge in [-0.15, -0.1) is 24.0 Å². The van der Waals surface area contributed by atoms with Gasteiger partial charge in [0.1, 0.15) is 0 Å². The Bertz CT molecular complexity index is 663. The summed E-state index contributed by atoms with van der Waals surface area (Å²) in [6.07, 6.45) is 0.939. The maximum absolute atomic E-state index is 9.82. The van der Waals surface area contributed by atoms with E-state index in [1.165, 1.54) is 12.7 Å². The van der Waals surface area contributed by atoms with Gasteiger partial charge in [0.15, 0.2) is 17.5 Å². The fraction of sp³-hybridized carbons (Fsp3) is 0.316. The lowest BCUT2D eigenvalue weighted by atomic mass is 10.1. The molecule has 0 aliphatic rings. The number of phenolic OH excluding ortho intramolecular Hbond substituents is 1. The van der Waals surface area contributed by atoms with Gasteiger partial charge in [0, 0.05) is 13.1 Å². The molecule has 2 rings (SSSR count). The molecule has 6 heteroatoms. The second-order valence-corrected chi connectivity index (χ2v) is 5.36. The zero-order chi connectivity index (χ0) is 17.2. The van der Waals surface area contributed by atoms with Crippen LogP contribution in [0.25, 0.3) is 0 Å². The van der Waals surface area contributed by atoms with Crippen molar-refractivity contribution in [3.8, 4) is 11.5 Å². The van der Waals surface area contributed by atoms with E-state index in [4.69, 9.17) is 4.74 Å². The number of guanidine groups is 1. The van der Waals surface area contributed by atoms with Crippen molar-refractivity contribution in [3.05, 3.63) is 59.7 Å². The number of nitrogens with zero attached hydrogens (tertiary/aromatic N) is 1. The third-order valence-corrected chi connectivity index (χ3v) is 3.56. The third kappa shape index (κ3) is 7.21. The second kappa shape index (κ2) is 11.6. The Morgan fingerprint density at radius 1 is 1.08 bits per heavy atom. The standard InChI is InChI=1S/C19H25N3O2.HI/c1-3-20-19(21-12-11-15-7-5-4-6-8-15)22-14-16-9-10-18(24-2)17(23)13-16;/h4-10,13,23H,3,11-12,14H2,1-2H3,(H2,20,21,22);1H. The van der Waals surface area contributed by atoms with Gasteiger partial charge in [-0.05, 0) is 36.6 Å². The van der Waals surface area contributed by atoms with Crippen molar-refractivity contribution in [3.63, 3.8) is 0 Å². The van der Waals surface area contributed by atoms with E-state index in [2.05, 4.69) is 27.8 Å². The Balaban J connectivity index is 0.00000312. The molecule has 0 saturated carbocycles. The van der Waals surface area contributed by atoms with Crippen molar-refractivity contribution in [1.29, 1.82) is 0 Å². The molecule has 0 amide bonds. The minimum atomic E-state index is 0. The maximum atomic E-state index is 9.82. The van der Waals surface area contributed by atoms with Crippen LogP contribution in [0.4, 0.5) is 0 Å². The Kier molecular flexibility index (Phi) is 9.76. The number of hydrogen-bond donors (Lipinski definition) is 3. The number of phenols is 1. The fourth-order valence-corrected chi connectivity index (χ4v) is 2.32. The van der Waals surface area contributed by atoms with E-state index in [0.717, 1.165) is 31.0 Å². The molecule has 0 saturated heterocycles. The molecular weight excluding hydrogens is 429 g/mol. The summed E-state index contributed by atoms with van der Waals surface area (Å²) in [5.41, 5.74) is 2.22. The van der Waals surface area contributed by atoms with Gasteiger partial charge in [0.05, 0.1) is 13.7 Å². The van der Waals surface area contributed by atoms with Crippen molar-refractivity contribution >= 4 is 29.9 Å². The lowest BCUT2D eigenvalue weighted by Gasteiger charge is -2.11. The van der Waals surface area contributed by atoms with Gasteiger partial charge in [0.2, 0.25) is 0 Å². The fourth-order valence-electron chi connectivity index (χ4n) is 2.32. The predicted octanol–water partition coefficient (Wildman–Crippen LogP) is 3.32. The average molecular weight is 455 g/mol. The van der Waals surface area contributed by atoms with Crippen LogP contribution in [-0.4, -0.2) is 31.3 Å². The highest BCUT2D eigenvalue weighted by Crippen LogP contribution is 2.26. The molecule has 0 heterocycles. The van der Waals surface area contributed by atoms with Crippen LogP contribution in [0, 0.1) is 0 Å². The molecule has 0 atom stereocenters. The molecule has 0 spiro atoms. The van der Waals surface area contributed by atoms with Crippen LogP contribution in [0.5, 0.6) is 11.5 Å². The Hall–Kier alpha value is -1.96. The number of hydrogen-bond acceptors (Lipinski definition) is 3. The molecule has 0 bridgehead atoms. The first kappa shape index (κ1) is 21.1. The summed E-state index contributed by atoms with van der Waals surface area (Å²) in [4.78, 5) is 4.55. The van der Waals surface area contributed by atoms with Crippen molar-refractivity contribution in [2.75, 3.05) is 20.2 Å². The highest BCUT2D eigenvalue weighted by molar-refractivity contribution is 14.0. The highest BCUT2D eigenvalue weighted by Gasteiger charge is 2.03. The number of aromatic hydroxyl groups is 1. The monoisotopic (exact) mass is 455 g/mol. The van der Waals surface area contributed by atoms with Crippen LogP contribution in [0.15, 0.2) is 53.5 Å². The molecule has 0 unspecified atom stereocenters. The number of halogens is 1. The van der Waals surface area contributed by atoms with Crippen molar-refractivity contribution in [2.24, 2.45) is 4.99 Å². The van der Waals surface area contributed by atoms with E-state index >= 15 is 0 Å². The molecule has 3 N–H and O–H groups in total. The van der Waals surface area contributed by atoms with Crippen LogP contribution in [0.1, 0.15) is 18.1 Å². The molecular formula is C19H26IN3O2. The van der Waals surface area contributed by atoms with Gasteiger partial charge in [-0.1, -0.05) is 36.4 Å². The number of nitrogens with one attached hydrogen (secondary N) is 2. The summed E-state index contributed by atoms with van der Waals surface area (Å²) < 4.78 is 5.05. The van der Waals surface area contributed by atoms with Crippen LogP contribution < -0.4 is 15.4 Å². The van der Waals surface area contributed by atoms with E-state index in [1.54, 1.807) is 12.1 Å². The van der Waals surface area contributed by atoms with Crippen molar-refractivity contribution in [2.45, 2.75) is 19.9 Å². The Morgan fingerprint density at radius 2 is 1.84 bits per heavy atom. The first-order valence-electron chi connectivity index (χ1n) is 8.15. The summed E-state index contributed by atoms with van der Waals surface area (Å²) in [5, 5.41) is 16.4. The number of benzene rings is 2. The Labute approximate surface area is 166 Å². The summed E-state index contributed by atoms with van der Waals surface area (Å²) in [6.45, 7) is 4.13. The van der Waals surface area contributed by atoms with E-state index in [-0.39, 0.29) is 29.7 Å². The molecule has 25 heavy (non-hydrogen) atoms. The van der Waals surface area contributed by atoms with Crippen LogP contribution in [0.3, 0.4) is 0 Å². The summed E-state index contributed by atoms with van der Waals surface area (Å²) >= 11 is 0. The summed E-state index contributed by atoms with van der Waals surface area (Å²) in [7, 11) is 1.53. The van der Waals surface area contributed by atoms with Crippen molar-refractivity contribution in [1.82, 2.24) is 10.6 Å². The average Bonchev–Trinajstić information content (AvgIpc) is 2.60. The van der Waals surface area contributed by atoms with E-state index in [1.807, 2.05) is 31.2 Å². The molecule has 2 aromatic carbocycles. The lowest BCUT2D eigenvalue weighted by Crippen LogP contribution is -2.38. The molecule has 0 aromatic heterocycles. The quantitative estimate of drug-likeness (QED) is 0.341. The molecule has 0 aliphatic heterocycles. The van der Waals surface area contributed by atoms with Gasteiger partial charge in [-0.3, -0.25) is 0 Å². The topological polar surface area (TPSA) is 65.9 Å². The predicted molar refractivity (Wildman–Crippen MR) is 113 cm³/mol. The largest absolute Gasteiger partial charge is 0.504 e. The molecule has 5 nitrogen and oxygen atoms in total. The summed E-state index contributed by atoms with van der Waals surface area (Å²) in [5.74, 6) is 1.37. The van der Waals surface area contributed by atoms with Gasteiger partial charge in [0.25, 0.3) is 0 Å². The maximum Gasteiger partial charge on any atom is 0.191 e. The van der Waals surface area contributed by atoms with Crippen LogP contribution >= 0.6 is 24.0 Å². The first-order valence-corrected chi connectivity index (χ1v) is 8.15. The second-order valence-electron chi connectivity index (χ2n) is 5.36. The number of ether oxygens (including phenoxy) is 1. The lowest BCUT2D eigenvalue weighted by molar-refractivity contribution is 0.373. The highest BCUT2D eigenvalue weighted by atomic mass is 127.